The highest BCUT2D eigenvalue weighted by molar-refractivity contribution is 7.89. The number of carbonyl (C=O) groups is 1. The summed E-state index contributed by atoms with van der Waals surface area (Å²) in [6.45, 7) is 4.76. The van der Waals surface area contributed by atoms with E-state index in [2.05, 4.69) is 14.9 Å². The van der Waals surface area contributed by atoms with Crippen LogP contribution < -0.4 is 4.72 Å². The molecule has 3 heterocycles. The molecule has 0 spiro atoms. The molecule has 1 aliphatic heterocycles. The van der Waals surface area contributed by atoms with Crippen molar-refractivity contribution in [1.29, 1.82) is 0 Å². The Balaban J connectivity index is 1.51. The van der Waals surface area contributed by atoms with Gasteiger partial charge in [0.05, 0.1) is 4.90 Å². The Labute approximate surface area is 176 Å². The predicted molar refractivity (Wildman–Crippen MR) is 113 cm³/mol. The van der Waals surface area contributed by atoms with Gasteiger partial charge in [0, 0.05) is 36.8 Å². The van der Waals surface area contributed by atoms with Gasteiger partial charge in [-0.05, 0) is 63.1 Å². The molecule has 1 amide bonds. The van der Waals surface area contributed by atoms with Crippen LogP contribution in [0.3, 0.4) is 0 Å². The number of rotatable bonds is 5. The highest BCUT2D eigenvalue weighted by Gasteiger charge is 2.28. The van der Waals surface area contributed by atoms with E-state index in [4.69, 9.17) is 0 Å². The number of piperidine rings is 1. The van der Waals surface area contributed by atoms with Crippen LogP contribution in [0.4, 0.5) is 0 Å². The molecule has 2 aromatic heterocycles. The summed E-state index contributed by atoms with van der Waals surface area (Å²) in [5.41, 5.74) is 1.27. The monoisotopic (exact) mass is 427 g/mol. The third kappa shape index (κ3) is 4.08. The van der Waals surface area contributed by atoms with Crippen LogP contribution >= 0.6 is 0 Å². The maximum Gasteiger partial charge on any atom is 0.253 e. The maximum absolute atomic E-state index is 13.0. The molecular formula is C21H25N5O3S. The van der Waals surface area contributed by atoms with Crippen LogP contribution in [-0.2, 0) is 10.0 Å². The number of carbonyl (C=O) groups excluding carboxylic acids is 1. The molecular weight excluding hydrogens is 402 g/mol. The molecule has 8 nitrogen and oxygen atoms in total. The lowest BCUT2D eigenvalue weighted by atomic mass is 9.96. The van der Waals surface area contributed by atoms with Crippen molar-refractivity contribution in [2.75, 3.05) is 13.1 Å². The molecule has 4 rings (SSSR count). The Morgan fingerprint density at radius 1 is 1.13 bits per heavy atom. The van der Waals surface area contributed by atoms with Crippen LogP contribution in [0.25, 0.3) is 5.65 Å². The van der Waals surface area contributed by atoms with Gasteiger partial charge in [0.2, 0.25) is 10.0 Å². The second-order valence-electron chi connectivity index (χ2n) is 7.88. The molecule has 1 saturated heterocycles. The first kappa shape index (κ1) is 20.5. The van der Waals surface area contributed by atoms with Crippen LogP contribution in [0, 0.1) is 0 Å². The average molecular weight is 428 g/mol. The van der Waals surface area contributed by atoms with Gasteiger partial charge in [-0.3, -0.25) is 9.20 Å². The minimum atomic E-state index is -3.58. The number of likely N-dealkylation sites (tertiary alicyclic amines) is 1. The summed E-state index contributed by atoms with van der Waals surface area (Å²) >= 11 is 0. The Morgan fingerprint density at radius 3 is 2.63 bits per heavy atom. The largest absolute Gasteiger partial charge is 0.338 e. The minimum Gasteiger partial charge on any atom is -0.338 e. The van der Waals surface area contributed by atoms with Crippen molar-refractivity contribution >= 4 is 21.6 Å². The molecule has 158 valence electrons. The van der Waals surface area contributed by atoms with Crippen molar-refractivity contribution in [3.63, 3.8) is 0 Å². The van der Waals surface area contributed by atoms with Crippen LogP contribution in [-0.4, -0.2) is 53.0 Å². The molecule has 0 aliphatic carbocycles. The van der Waals surface area contributed by atoms with Gasteiger partial charge in [0.15, 0.2) is 5.65 Å². The van der Waals surface area contributed by atoms with Crippen LogP contribution in [0.15, 0.2) is 53.6 Å². The van der Waals surface area contributed by atoms with E-state index in [-0.39, 0.29) is 22.8 Å². The van der Waals surface area contributed by atoms with E-state index < -0.39 is 10.0 Å². The Morgan fingerprint density at radius 2 is 1.90 bits per heavy atom. The third-order valence-corrected chi connectivity index (χ3v) is 6.89. The molecule has 1 fully saturated rings. The van der Waals surface area contributed by atoms with E-state index >= 15 is 0 Å². The first-order valence-electron chi connectivity index (χ1n) is 10.1. The number of nitrogens with one attached hydrogen (secondary N) is 1. The summed E-state index contributed by atoms with van der Waals surface area (Å²) in [5.74, 6) is 0.869. The van der Waals surface area contributed by atoms with E-state index in [1.807, 2.05) is 33.7 Å². The van der Waals surface area contributed by atoms with E-state index in [1.165, 1.54) is 12.1 Å². The summed E-state index contributed by atoms with van der Waals surface area (Å²) < 4.78 is 29.1. The molecule has 1 aliphatic rings. The Bertz CT molecular complexity index is 1150. The van der Waals surface area contributed by atoms with E-state index in [0.717, 1.165) is 24.3 Å². The van der Waals surface area contributed by atoms with E-state index in [0.29, 0.717) is 18.7 Å². The zero-order chi connectivity index (χ0) is 21.3. The maximum atomic E-state index is 13.0. The van der Waals surface area contributed by atoms with Gasteiger partial charge in [0.25, 0.3) is 5.91 Å². The smallest absolute Gasteiger partial charge is 0.253 e. The van der Waals surface area contributed by atoms with Gasteiger partial charge in [-0.25, -0.2) is 13.1 Å². The number of hydrogen-bond donors (Lipinski definition) is 1. The Kier molecular flexibility index (Phi) is 5.57. The molecule has 9 heteroatoms. The number of aromatic nitrogens is 3. The van der Waals surface area contributed by atoms with Crippen molar-refractivity contribution in [1.82, 2.24) is 24.2 Å². The zero-order valence-corrected chi connectivity index (χ0v) is 17.8. The molecule has 30 heavy (non-hydrogen) atoms. The number of hydrogen-bond acceptors (Lipinski definition) is 5. The highest BCUT2D eigenvalue weighted by atomic mass is 32.2. The standard InChI is InChI=1S/C21H25N5O3S/c1-15(2)24-30(28,29)18-10-8-16(9-11-18)21(27)25-12-5-6-17(14-25)20-23-22-19-7-3-4-13-26(19)20/h3-4,7-11,13,15,17,24H,5-6,12,14H2,1-2H3. The second-order valence-corrected chi connectivity index (χ2v) is 9.59. The van der Waals surface area contributed by atoms with E-state index in [1.54, 1.807) is 26.0 Å². The highest BCUT2D eigenvalue weighted by Crippen LogP contribution is 2.27. The number of nitrogens with zero attached hydrogens (tertiary/aromatic N) is 4. The molecule has 1 unspecified atom stereocenters. The van der Waals surface area contributed by atoms with Gasteiger partial charge in [-0.2, -0.15) is 0 Å². The molecule has 1 atom stereocenters. The van der Waals surface area contributed by atoms with Crippen molar-refractivity contribution in [3.8, 4) is 0 Å². The molecule has 0 radical (unpaired) electrons. The predicted octanol–water partition coefficient (Wildman–Crippen LogP) is 2.44. The first-order chi connectivity index (χ1) is 14.3. The number of sulfonamides is 1. The number of benzene rings is 1. The van der Waals surface area contributed by atoms with Crippen LogP contribution in [0.1, 0.15) is 48.8 Å². The van der Waals surface area contributed by atoms with Crippen LogP contribution in [0.5, 0.6) is 0 Å². The summed E-state index contributed by atoms with van der Waals surface area (Å²) in [6.07, 6.45) is 3.76. The zero-order valence-electron chi connectivity index (χ0n) is 17.0. The molecule has 0 saturated carbocycles. The fourth-order valence-electron chi connectivity index (χ4n) is 3.85. The summed E-state index contributed by atoms with van der Waals surface area (Å²) in [4.78, 5) is 15.0. The SMILES string of the molecule is CC(C)NS(=O)(=O)c1ccc(C(=O)N2CCCC(c3nnc4ccccn34)C2)cc1. The molecule has 0 bridgehead atoms. The lowest BCUT2D eigenvalue weighted by molar-refractivity contribution is 0.0704. The molecule has 1 N–H and O–H groups in total. The van der Waals surface area contributed by atoms with Gasteiger partial charge < -0.3 is 4.90 Å². The summed E-state index contributed by atoms with van der Waals surface area (Å²) in [6, 6.07) is 11.7. The van der Waals surface area contributed by atoms with Gasteiger partial charge in [-0.15, -0.1) is 10.2 Å². The fourth-order valence-corrected chi connectivity index (χ4v) is 5.10. The van der Waals surface area contributed by atoms with Crippen molar-refractivity contribution in [2.24, 2.45) is 0 Å². The average Bonchev–Trinajstić information content (AvgIpc) is 3.17. The minimum absolute atomic E-state index is 0.103. The summed E-state index contributed by atoms with van der Waals surface area (Å²) in [7, 11) is -3.58. The lowest BCUT2D eigenvalue weighted by Crippen LogP contribution is -2.39. The molecule has 3 aromatic rings. The normalized spacial score (nSPS) is 17.6. The third-order valence-electron chi connectivity index (χ3n) is 5.22. The van der Waals surface area contributed by atoms with Crippen molar-refractivity contribution in [2.45, 2.75) is 43.5 Å². The number of pyridine rings is 1. The Hall–Kier alpha value is -2.78. The van der Waals surface area contributed by atoms with Crippen molar-refractivity contribution in [3.05, 3.63) is 60.0 Å². The first-order valence-corrected chi connectivity index (χ1v) is 11.5. The van der Waals surface area contributed by atoms with Gasteiger partial charge in [-0.1, -0.05) is 6.07 Å². The van der Waals surface area contributed by atoms with Gasteiger partial charge in [0.1, 0.15) is 5.82 Å². The van der Waals surface area contributed by atoms with Crippen LogP contribution in [0.2, 0.25) is 0 Å². The number of fused-ring (bicyclic) bond motifs is 1. The lowest BCUT2D eigenvalue weighted by Gasteiger charge is -2.32. The topological polar surface area (TPSA) is 96.7 Å². The quantitative estimate of drug-likeness (QED) is 0.675. The fraction of sp³-hybridized carbons (Fsp3) is 0.381. The van der Waals surface area contributed by atoms with Crippen molar-refractivity contribution < 1.29 is 13.2 Å². The molecule has 1 aromatic carbocycles. The van der Waals surface area contributed by atoms with Gasteiger partial charge >= 0.3 is 0 Å². The van der Waals surface area contributed by atoms with E-state index in [9.17, 15) is 13.2 Å². The summed E-state index contributed by atoms with van der Waals surface area (Å²) in [5, 5.41) is 8.57. The second kappa shape index (κ2) is 8.16. The number of amides is 1.